The van der Waals surface area contributed by atoms with Crippen molar-refractivity contribution in [2.45, 2.75) is 20.4 Å². The van der Waals surface area contributed by atoms with Gasteiger partial charge in [-0.05, 0) is 31.5 Å². The van der Waals surface area contributed by atoms with Gasteiger partial charge < -0.3 is 9.88 Å². The molecule has 1 N–H and O–H groups in total. The van der Waals surface area contributed by atoms with Crippen molar-refractivity contribution in [2.24, 2.45) is 7.05 Å². The molecule has 1 aromatic heterocycles. The standard InChI is InChI=1S/C14H16FN3O2/c1-9-6-11(10(2)17(9)3)8-16-12-4-5-14(18(19)20)13(15)7-12/h4-7,16H,8H2,1-3H3. The highest BCUT2D eigenvalue weighted by molar-refractivity contribution is 5.50. The summed E-state index contributed by atoms with van der Waals surface area (Å²) in [5.74, 6) is -0.832. The Morgan fingerprint density at radius 2 is 2.05 bits per heavy atom. The van der Waals surface area contributed by atoms with Crippen LogP contribution >= 0.6 is 0 Å². The van der Waals surface area contributed by atoms with Gasteiger partial charge in [0.25, 0.3) is 0 Å². The molecule has 0 fully saturated rings. The van der Waals surface area contributed by atoms with Crippen LogP contribution in [0.15, 0.2) is 24.3 Å². The molecule has 20 heavy (non-hydrogen) atoms. The van der Waals surface area contributed by atoms with Gasteiger partial charge in [0, 0.05) is 42.8 Å². The zero-order chi connectivity index (χ0) is 14.9. The number of nitro benzene ring substituents is 1. The minimum atomic E-state index is -0.832. The summed E-state index contributed by atoms with van der Waals surface area (Å²) >= 11 is 0. The molecule has 0 aliphatic carbocycles. The summed E-state index contributed by atoms with van der Waals surface area (Å²) in [5.41, 5.74) is 3.41. The van der Waals surface area contributed by atoms with Crippen molar-refractivity contribution >= 4 is 11.4 Å². The van der Waals surface area contributed by atoms with Gasteiger partial charge in [0.1, 0.15) is 0 Å². The van der Waals surface area contributed by atoms with E-state index < -0.39 is 16.4 Å². The van der Waals surface area contributed by atoms with E-state index >= 15 is 0 Å². The van der Waals surface area contributed by atoms with E-state index in [2.05, 4.69) is 16.0 Å². The number of hydrogen-bond donors (Lipinski definition) is 1. The molecule has 6 heteroatoms. The Bertz CT molecular complexity index is 665. The Morgan fingerprint density at radius 3 is 2.55 bits per heavy atom. The average molecular weight is 277 g/mol. The number of benzene rings is 1. The molecule has 1 aromatic carbocycles. The summed E-state index contributed by atoms with van der Waals surface area (Å²) in [6, 6.07) is 5.88. The second kappa shape index (κ2) is 5.32. The number of aromatic nitrogens is 1. The van der Waals surface area contributed by atoms with E-state index in [1.54, 1.807) is 0 Å². The van der Waals surface area contributed by atoms with Crippen molar-refractivity contribution < 1.29 is 9.31 Å². The maximum atomic E-state index is 13.5. The number of nitrogens with zero attached hydrogens (tertiary/aromatic N) is 2. The second-order valence-corrected chi connectivity index (χ2v) is 4.73. The van der Waals surface area contributed by atoms with E-state index in [0.717, 1.165) is 23.0 Å². The van der Waals surface area contributed by atoms with Crippen LogP contribution < -0.4 is 5.32 Å². The third kappa shape index (κ3) is 2.64. The molecular weight excluding hydrogens is 261 g/mol. The molecule has 0 saturated carbocycles. The SMILES string of the molecule is Cc1cc(CNc2ccc([N+](=O)[O-])c(F)c2)c(C)n1C. The Labute approximate surface area is 116 Å². The molecule has 0 aliphatic rings. The largest absolute Gasteiger partial charge is 0.381 e. The number of nitro groups is 1. The van der Waals surface area contributed by atoms with Gasteiger partial charge in [-0.2, -0.15) is 4.39 Å². The quantitative estimate of drug-likeness (QED) is 0.689. The normalized spacial score (nSPS) is 10.6. The molecule has 0 spiro atoms. The van der Waals surface area contributed by atoms with Gasteiger partial charge in [-0.3, -0.25) is 10.1 Å². The second-order valence-electron chi connectivity index (χ2n) is 4.73. The molecule has 0 bridgehead atoms. The van der Waals surface area contributed by atoms with Crippen molar-refractivity contribution in [2.75, 3.05) is 5.32 Å². The van der Waals surface area contributed by atoms with Crippen LogP contribution in [-0.4, -0.2) is 9.49 Å². The molecule has 2 aromatic rings. The van der Waals surface area contributed by atoms with Crippen LogP contribution in [0.4, 0.5) is 15.8 Å². The molecule has 0 amide bonds. The van der Waals surface area contributed by atoms with Crippen LogP contribution in [0.3, 0.4) is 0 Å². The first-order valence-corrected chi connectivity index (χ1v) is 6.19. The zero-order valence-electron chi connectivity index (χ0n) is 11.6. The topological polar surface area (TPSA) is 60.1 Å². The molecular formula is C14H16FN3O2. The summed E-state index contributed by atoms with van der Waals surface area (Å²) in [7, 11) is 1.99. The van der Waals surface area contributed by atoms with Gasteiger partial charge in [0.2, 0.25) is 5.82 Å². The molecule has 5 nitrogen and oxygen atoms in total. The van der Waals surface area contributed by atoms with Crippen LogP contribution in [0.2, 0.25) is 0 Å². The highest BCUT2D eigenvalue weighted by Gasteiger charge is 2.14. The van der Waals surface area contributed by atoms with Gasteiger partial charge in [-0.1, -0.05) is 0 Å². The predicted octanol–water partition coefficient (Wildman–Crippen LogP) is 3.30. The molecule has 106 valence electrons. The molecule has 0 atom stereocenters. The van der Waals surface area contributed by atoms with Gasteiger partial charge in [0.05, 0.1) is 4.92 Å². The zero-order valence-corrected chi connectivity index (χ0v) is 11.6. The van der Waals surface area contributed by atoms with E-state index in [0.29, 0.717) is 12.2 Å². The molecule has 1 heterocycles. The van der Waals surface area contributed by atoms with Crippen LogP contribution in [0.5, 0.6) is 0 Å². The fraction of sp³-hybridized carbons (Fsp3) is 0.286. The van der Waals surface area contributed by atoms with E-state index in [9.17, 15) is 14.5 Å². The maximum absolute atomic E-state index is 13.5. The van der Waals surface area contributed by atoms with Gasteiger partial charge in [-0.15, -0.1) is 0 Å². The molecule has 2 rings (SSSR count). The van der Waals surface area contributed by atoms with Crippen molar-refractivity contribution in [3.63, 3.8) is 0 Å². The van der Waals surface area contributed by atoms with Crippen molar-refractivity contribution in [1.29, 1.82) is 0 Å². The van der Waals surface area contributed by atoms with Crippen LogP contribution in [-0.2, 0) is 13.6 Å². The fourth-order valence-electron chi connectivity index (χ4n) is 2.07. The maximum Gasteiger partial charge on any atom is 0.304 e. The smallest absolute Gasteiger partial charge is 0.304 e. The number of nitrogens with one attached hydrogen (secondary N) is 1. The van der Waals surface area contributed by atoms with Gasteiger partial charge >= 0.3 is 5.69 Å². The first-order chi connectivity index (χ1) is 9.40. The number of rotatable bonds is 4. The van der Waals surface area contributed by atoms with Crippen molar-refractivity contribution in [3.05, 3.63) is 57.1 Å². The predicted molar refractivity (Wildman–Crippen MR) is 75.3 cm³/mol. The Kier molecular flexibility index (Phi) is 3.74. The lowest BCUT2D eigenvalue weighted by Gasteiger charge is -2.07. The minimum absolute atomic E-state index is 0.512. The minimum Gasteiger partial charge on any atom is -0.381 e. The molecule has 0 aliphatic heterocycles. The van der Waals surface area contributed by atoms with Gasteiger partial charge in [-0.25, -0.2) is 0 Å². The Morgan fingerprint density at radius 1 is 1.35 bits per heavy atom. The average Bonchev–Trinajstić information content (AvgIpc) is 2.63. The van der Waals surface area contributed by atoms with Crippen molar-refractivity contribution in [1.82, 2.24) is 4.57 Å². The lowest BCUT2D eigenvalue weighted by Crippen LogP contribution is -2.02. The lowest BCUT2D eigenvalue weighted by atomic mass is 10.2. The first kappa shape index (κ1) is 14.0. The Hall–Kier alpha value is -2.37. The van der Waals surface area contributed by atoms with E-state index in [-0.39, 0.29) is 0 Å². The summed E-state index contributed by atoms with van der Waals surface area (Å²) in [4.78, 5) is 9.81. The molecule has 0 unspecified atom stereocenters. The Balaban J connectivity index is 2.13. The summed E-state index contributed by atoms with van der Waals surface area (Å²) in [6.45, 7) is 4.58. The number of halogens is 1. The monoisotopic (exact) mass is 277 g/mol. The summed E-state index contributed by atoms with van der Waals surface area (Å²) < 4.78 is 15.6. The number of hydrogen-bond acceptors (Lipinski definition) is 3. The highest BCUT2D eigenvalue weighted by Crippen LogP contribution is 2.22. The van der Waals surface area contributed by atoms with Crippen LogP contribution in [0.1, 0.15) is 17.0 Å². The third-order valence-corrected chi connectivity index (χ3v) is 3.51. The van der Waals surface area contributed by atoms with E-state index in [4.69, 9.17) is 0 Å². The fourth-order valence-corrected chi connectivity index (χ4v) is 2.07. The van der Waals surface area contributed by atoms with Crippen LogP contribution in [0, 0.1) is 29.8 Å². The third-order valence-electron chi connectivity index (χ3n) is 3.51. The van der Waals surface area contributed by atoms with E-state index in [1.165, 1.54) is 12.1 Å². The molecule has 0 radical (unpaired) electrons. The first-order valence-electron chi connectivity index (χ1n) is 6.19. The van der Waals surface area contributed by atoms with E-state index in [1.807, 2.05) is 20.9 Å². The van der Waals surface area contributed by atoms with Gasteiger partial charge in [0.15, 0.2) is 0 Å². The number of aryl methyl sites for hydroxylation is 1. The summed E-state index contributed by atoms with van der Waals surface area (Å²) in [6.07, 6.45) is 0. The highest BCUT2D eigenvalue weighted by atomic mass is 19.1. The van der Waals surface area contributed by atoms with Crippen molar-refractivity contribution in [3.8, 4) is 0 Å². The summed E-state index contributed by atoms with van der Waals surface area (Å²) in [5, 5.41) is 13.6. The lowest BCUT2D eigenvalue weighted by molar-refractivity contribution is -0.387. The molecule has 0 saturated heterocycles. The van der Waals surface area contributed by atoms with Crippen LogP contribution in [0.25, 0.3) is 0 Å². The number of anilines is 1.